The summed E-state index contributed by atoms with van der Waals surface area (Å²) in [6.07, 6.45) is 8.95. The number of carbonyl (C=O) groups excluding carboxylic acids is 1. The first kappa shape index (κ1) is 19.4. The number of ether oxygens (including phenoxy) is 2. The van der Waals surface area contributed by atoms with E-state index >= 15 is 0 Å². The number of benzene rings is 1. The third kappa shape index (κ3) is 6.11. The summed E-state index contributed by atoms with van der Waals surface area (Å²) in [6, 6.07) is 5.88. The molecule has 1 aromatic rings. The van der Waals surface area contributed by atoms with Crippen LogP contribution in [0.1, 0.15) is 64.5 Å². The fourth-order valence-corrected chi connectivity index (χ4v) is 2.94. The van der Waals surface area contributed by atoms with Crippen LogP contribution in [0, 0.1) is 5.92 Å². The van der Waals surface area contributed by atoms with Gasteiger partial charge in [-0.3, -0.25) is 4.79 Å². The van der Waals surface area contributed by atoms with E-state index in [1.807, 2.05) is 25.1 Å². The first-order valence-corrected chi connectivity index (χ1v) is 9.49. The molecule has 0 saturated carbocycles. The molecule has 0 radical (unpaired) electrons. The number of hydrogen-bond acceptors (Lipinski definition) is 3. The van der Waals surface area contributed by atoms with Crippen molar-refractivity contribution in [3.05, 3.63) is 35.9 Å². The quantitative estimate of drug-likeness (QED) is 0.620. The van der Waals surface area contributed by atoms with Crippen LogP contribution in [-0.2, 0) is 4.79 Å². The van der Waals surface area contributed by atoms with E-state index in [0.717, 1.165) is 42.7 Å². The Hall–Kier alpha value is -1.97. The van der Waals surface area contributed by atoms with Gasteiger partial charge in [0, 0.05) is 6.42 Å². The highest BCUT2D eigenvalue weighted by atomic mass is 16.5. The molecule has 4 nitrogen and oxygen atoms in total. The number of carbonyl (C=O) groups is 1. The maximum Gasteiger partial charge on any atom is 0.221 e. The summed E-state index contributed by atoms with van der Waals surface area (Å²) in [4.78, 5) is 12.2. The van der Waals surface area contributed by atoms with E-state index in [1.165, 1.54) is 0 Å². The third-order valence-corrected chi connectivity index (χ3v) is 4.33. The van der Waals surface area contributed by atoms with Gasteiger partial charge >= 0.3 is 0 Å². The van der Waals surface area contributed by atoms with E-state index in [9.17, 15) is 4.79 Å². The van der Waals surface area contributed by atoms with Crippen molar-refractivity contribution in [1.82, 2.24) is 5.32 Å². The average molecular weight is 345 g/mol. The Bertz CT molecular complexity index is 583. The van der Waals surface area contributed by atoms with E-state index in [1.54, 1.807) is 0 Å². The first-order chi connectivity index (χ1) is 12.1. The molecule has 0 aromatic heterocycles. The first-order valence-electron chi connectivity index (χ1n) is 9.49. The Morgan fingerprint density at radius 3 is 2.56 bits per heavy atom. The SMILES string of the molecule is CCCOc1ccc(C(C)NC(=O)CC2C=CCC2)cc1OCCC. The summed E-state index contributed by atoms with van der Waals surface area (Å²) < 4.78 is 11.6. The Labute approximate surface area is 151 Å². The summed E-state index contributed by atoms with van der Waals surface area (Å²) >= 11 is 0. The van der Waals surface area contributed by atoms with Crippen LogP contribution in [0.4, 0.5) is 0 Å². The largest absolute Gasteiger partial charge is 0.490 e. The molecule has 2 atom stereocenters. The molecule has 0 heterocycles. The zero-order valence-corrected chi connectivity index (χ0v) is 15.7. The van der Waals surface area contributed by atoms with Gasteiger partial charge in [0.15, 0.2) is 11.5 Å². The molecule has 0 saturated heterocycles. The van der Waals surface area contributed by atoms with Crippen LogP contribution in [0.25, 0.3) is 0 Å². The number of rotatable bonds is 10. The van der Waals surface area contributed by atoms with Crippen molar-refractivity contribution in [2.45, 2.75) is 58.9 Å². The van der Waals surface area contributed by atoms with Crippen LogP contribution >= 0.6 is 0 Å². The fraction of sp³-hybridized carbons (Fsp3) is 0.571. The number of hydrogen-bond donors (Lipinski definition) is 1. The molecule has 0 aliphatic heterocycles. The van der Waals surface area contributed by atoms with Crippen LogP contribution in [-0.4, -0.2) is 19.1 Å². The van der Waals surface area contributed by atoms with Crippen LogP contribution in [0.3, 0.4) is 0 Å². The summed E-state index contributed by atoms with van der Waals surface area (Å²) in [5, 5.41) is 3.10. The zero-order valence-electron chi connectivity index (χ0n) is 15.7. The summed E-state index contributed by atoms with van der Waals surface area (Å²) in [5.74, 6) is 2.02. The van der Waals surface area contributed by atoms with Crippen molar-refractivity contribution >= 4 is 5.91 Å². The van der Waals surface area contributed by atoms with Crippen molar-refractivity contribution in [2.75, 3.05) is 13.2 Å². The lowest BCUT2D eigenvalue weighted by atomic mass is 10.0. The van der Waals surface area contributed by atoms with Gasteiger partial charge in [-0.1, -0.05) is 32.1 Å². The monoisotopic (exact) mass is 345 g/mol. The van der Waals surface area contributed by atoms with Gasteiger partial charge in [0.05, 0.1) is 19.3 Å². The molecule has 25 heavy (non-hydrogen) atoms. The minimum atomic E-state index is -0.0536. The normalized spacial score (nSPS) is 17.3. The van der Waals surface area contributed by atoms with Gasteiger partial charge in [0.1, 0.15) is 0 Å². The number of amides is 1. The molecule has 1 aliphatic carbocycles. The van der Waals surface area contributed by atoms with Crippen LogP contribution in [0.15, 0.2) is 30.4 Å². The topological polar surface area (TPSA) is 47.6 Å². The molecule has 0 fully saturated rings. The third-order valence-electron chi connectivity index (χ3n) is 4.33. The standard InChI is InChI=1S/C21H31NO3/c1-4-12-24-19-11-10-18(15-20(19)25-13-5-2)16(3)22-21(23)14-17-8-6-7-9-17/h6,8,10-11,15-17H,4-5,7,9,12-14H2,1-3H3,(H,22,23). The fourth-order valence-electron chi connectivity index (χ4n) is 2.94. The zero-order chi connectivity index (χ0) is 18.1. The Kier molecular flexibility index (Phi) is 7.83. The second kappa shape index (κ2) is 10.1. The van der Waals surface area contributed by atoms with E-state index in [0.29, 0.717) is 25.6 Å². The van der Waals surface area contributed by atoms with E-state index in [-0.39, 0.29) is 11.9 Å². The lowest BCUT2D eigenvalue weighted by Gasteiger charge is -2.18. The second-order valence-electron chi connectivity index (χ2n) is 6.66. The van der Waals surface area contributed by atoms with Gasteiger partial charge in [-0.15, -0.1) is 0 Å². The second-order valence-corrected chi connectivity index (χ2v) is 6.66. The summed E-state index contributed by atoms with van der Waals surface area (Å²) in [6.45, 7) is 7.49. The minimum absolute atomic E-state index is 0.0536. The molecule has 2 rings (SSSR count). The molecule has 0 spiro atoms. The van der Waals surface area contributed by atoms with Crippen LogP contribution < -0.4 is 14.8 Å². The van der Waals surface area contributed by atoms with E-state index in [4.69, 9.17) is 9.47 Å². The van der Waals surface area contributed by atoms with Crippen molar-refractivity contribution < 1.29 is 14.3 Å². The predicted octanol–water partition coefficient (Wildman–Crippen LogP) is 4.80. The maximum atomic E-state index is 12.2. The average Bonchev–Trinajstić information content (AvgIpc) is 3.11. The van der Waals surface area contributed by atoms with E-state index < -0.39 is 0 Å². The highest BCUT2D eigenvalue weighted by Gasteiger charge is 2.17. The van der Waals surface area contributed by atoms with Crippen molar-refractivity contribution in [2.24, 2.45) is 5.92 Å². The molecular formula is C21H31NO3. The highest BCUT2D eigenvalue weighted by molar-refractivity contribution is 5.77. The molecule has 1 N–H and O–H groups in total. The molecular weight excluding hydrogens is 314 g/mol. The summed E-state index contributed by atoms with van der Waals surface area (Å²) in [5.41, 5.74) is 1.03. The maximum absolute atomic E-state index is 12.2. The Balaban J connectivity index is 2.00. The van der Waals surface area contributed by atoms with Gasteiger partial charge in [-0.25, -0.2) is 0 Å². The minimum Gasteiger partial charge on any atom is -0.490 e. The number of allylic oxidation sites excluding steroid dienone is 2. The lowest BCUT2D eigenvalue weighted by molar-refractivity contribution is -0.122. The molecule has 1 aromatic carbocycles. The van der Waals surface area contributed by atoms with Gasteiger partial charge in [-0.05, 0) is 56.2 Å². The molecule has 0 bridgehead atoms. The molecule has 1 aliphatic rings. The van der Waals surface area contributed by atoms with E-state index in [2.05, 4.69) is 31.3 Å². The molecule has 4 heteroatoms. The van der Waals surface area contributed by atoms with Crippen LogP contribution in [0.5, 0.6) is 11.5 Å². The predicted molar refractivity (Wildman–Crippen MR) is 101 cm³/mol. The Morgan fingerprint density at radius 1 is 1.20 bits per heavy atom. The molecule has 2 unspecified atom stereocenters. The summed E-state index contributed by atoms with van der Waals surface area (Å²) in [7, 11) is 0. The highest BCUT2D eigenvalue weighted by Crippen LogP contribution is 2.31. The number of nitrogens with one attached hydrogen (secondary N) is 1. The van der Waals surface area contributed by atoms with Gasteiger partial charge in [0.2, 0.25) is 5.91 Å². The Morgan fingerprint density at radius 2 is 1.92 bits per heavy atom. The van der Waals surface area contributed by atoms with Crippen molar-refractivity contribution in [1.29, 1.82) is 0 Å². The van der Waals surface area contributed by atoms with Gasteiger partial charge in [0.25, 0.3) is 0 Å². The van der Waals surface area contributed by atoms with Crippen LogP contribution in [0.2, 0.25) is 0 Å². The smallest absolute Gasteiger partial charge is 0.221 e. The van der Waals surface area contributed by atoms with Crippen molar-refractivity contribution in [3.8, 4) is 11.5 Å². The molecule has 138 valence electrons. The van der Waals surface area contributed by atoms with Crippen molar-refractivity contribution in [3.63, 3.8) is 0 Å². The van der Waals surface area contributed by atoms with Gasteiger partial charge in [-0.2, -0.15) is 0 Å². The lowest BCUT2D eigenvalue weighted by Crippen LogP contribution is -2.27. The van der Waals surface area contributed by atoms with Gasteiger partial charge < -0.3 is 14.8 Å². The molecule has 1 amide bonds.